The summed E-state index contributed by atoms with van der Waals surface area (Å²) in [6.45, 7) is 6.03. The van der Waals surface area contributed by atoms with Gasteiger partial charge in [-0.1, -0.05) is 15.9 Å². The highest BCUT2D eigenvalue weighted by Crippen LogP contribution is 2.33. The van der Waals surface area contributed by atoms with Crippen molar-refractivity contribution in [3.05, 3.63) is 51.5 Å². The Hall–Kier alpha value is -1.68. The molecule has 1 unspecified atom stereocenters. The zero-order chi connectivity index (χ0) is 14.9. The van der Waals surface area contributed by atoms with Crippen LogP contribution in [0.25, 0.3) is 0 Å². The van der Waals surface area contributed by atoms with Crippen LogP contribution in [0.1, 0.15) is 29.7 Å². The summed E-state index contributed by atoms with van der Waals surface area (Å²) in [6.07, 6.45) is 0. The van der Waals surface area contributed by atoms with Crippen LogP contribution < -0.4 is 5.32 Å². The molecule has 0 aliphatic rings. The van der Waals surface area contributed by atoms with Gasteiger partial charge < -0.3 is 15.5 Å². The van der Waals surface area contributed by atoms with Crippen LogP contribution in [0.15, 0.2) is 34.8 Å². The Morgan fingerprint density at radius 3 is 2.25 bits per heavy atom. The molecule has 2 aromatic carbocycles. The van der Waals surface area contributed by atoms with Gasteiger partial charge in [-0.3, -0.25) is 0 Å². The number of halogens is 1. The van der Waals surface area contributed by atoms with Crippen molar-refractivity contribution in [3.8, 4) is 11.5 Å². The Kier molecular flexibility index (Phi) is 4.23. The number of rotatable bonds is 3. The molecule has 1 atom stereocenters. The van der Waals surface area contributed by atoms with E-state index in [4.69, 9.17) is 0 Å². The Bertz CT molecular complexity index is 617. The van der Waals surface area contributed by atoms with Crippen LogP contribution in [0, 0.1) is 13.8 Å². The van der Waals surface area contributed by atoms with Gasteiger partial charge in [-0.15, -0.1) is 0 Å². The van der Waals surface area contributed by atoms with Crippen LogP contribution in [-0.2, 0) is 0 Å². The van der Waals surface area contributed by atoms with Crippen molar-refractivity contribution in [1.29, 1.82) is 0 Å². The predicted molar refractivity (Wildman–Crippen MR) is 85.4 cm³/mol. The van der Waals surface area contributed by atoms with Gasteiger partial charge >= 0.3 is 0 Å². The maximum absolute atomic E-state index is 9.91. The van der Waals surface area contributed by atoms with Crippen molar-refractivity contribution < 1.29 is 10.2 Å². The van der Waals surface area contributed by atoms with E-state index in [1.54, 1.807) is 6.07 Å². The number of anilines is 1. The van der Waals surface area contributed by atoms with Crippen molar-refractivity contribution in [3.63, 3.8) is 0 Å². The maximum atomic E-state index is 9.91. The van der Waals surface area contributed by atoms with Crippen molar-refractivity contribution in [1.82, 2.24) is 0 Å². The molecular formula is C16H18BrNO2. The molecule has 0 heterocycles. The second-order valence-electron chi connectivity index (χ2n) is 5.02. The highest BCUT2D eigenvalue weighted by Gasteiger charge is 2.13. The molecule has 0 aromatic heterocycles. The smallest absolute Gasteiger partial charge is 0.121 e. The number of aromatic hydroxyl groups is 2. The third-order valence-corrected chi connectivity index (χ3v) is 3.79. The summed E-state index contributed by atoms with van der Waals surface area (Å²) < 4.78 is 1.05. The summed E-state index contributed by atoms with van der Waals surface area (Å²) in [6, 6.07) is 8.54. The second kappa shape index (κ2) is 5.75. The third kappa shape index (κ3) is 3.07. The number of hydrogen-bond acceptors (Lipinski definition) is 3. The Morgan fingerprint density at radius 1 is 1.05 bits per heavy atom. The molecule has 106 valence electrons. The van der Waals surface area contributed by atoms with Crippen LogP contribution in [0.5, 0.6) is 11.5 Å². The summed E-state index contributed by atoms with van der Waals surface area (Å²) in [4.78, 5) is 0. The first kappa shape index (κ1) is 14.7. The van der Waals surface area contributed by atoms with Crippen LogP contribution in [-0.4, -0.2) is 10.2 Å². The van der Waals surface area contributed by atoms with E-state index in [0.29, 0.717) is 5.56 Å². The quantitative estimate of drug-likeness (QED) is 0.715. The van der Waals surface area contributed by atoms with E-state index < -0.39 is 0 Å². The zero-order valence-electron chi connectivity index (χ0n) is 11.7. The molecule has 3 nitrogen and oxygen atoms in total. The average Bonchev–Trinajstić information content (AvgIpc) is 2.36. The summed E-state index contributed by atoms with van der Waals surface area (Å²) in [7, 11) is 0. The minimum Gasteiger partial charge on any atom is -0.508 e. The fourth-order valence-electron chi connectivity index (χ4n) is 2.32. The lowest BCUT2D eigenvalue weighted by molar-refractivity contribution is 0.451. The fraction of sp³-hybridized carbons (Fsp3) is 0.250. The molecule has 2 rings (SSSR count). The molecule has 0 bridgehead atoms. The van der Waals surface area contributed by atoms with Crippen molar-refractivity contribution in [2.75, 3.05) is 5.32 Å². The molecule has 0 saturated heterocycles. The molecule has 4 heteroatoms. The summed E-state index contributed by atoms with van der Waals surface area (Å²) in [5.41, 5.74) is 3.97. The average molecular weight is 336 g/mol. The molecule has 0 amide bonds. The van der Waals surface area contributed by atoms with Gasteiger partial charge in [0.2, 0.25) is 0 Å². The van der Waals surface area contributed by atoms with Gasteiger partial charge in [0.1, 0.15) is 11.5 Å². The monoisotopic (exact) mass is 335 g/mol. The summed E-state index contributed by atoms with van der Waals surface area (Å²) in [5.74, 6) is 0.325. The number of phenols is 2. The van der Waals surface area contributed by atoms with Gasteiger partial charge in [-0.25, -0.2) is 0 Å². The summed E-state index contributed by atoms with van der Waals surface area (Å²) >= 11 is 3.48. The second-order valence-corrected chi connectivity index (χ2v) is 5.94. The van der Waals surface area contributed by atoms with Gasteiger partial charge in [0.05, 0.1) is 6.04 Å². The third-order valence-electron chi connectivity index (χ3n) is 3.34. The highest BCUT2D eigenvalue weighted by atomic mass is 79.9. The number of hydrogen-bond donors (Lipinski definition) is 3. The van der Waals surface area contributed by atoms with E-state index in [0.717, 1.165) is 21.3 Å². The number of nitrogens with one attached hydrogen (secondary N) is 1. The minimum absolute atomic E-state index is 0.110. The fourth-order valence-corrected chi connectivity index (χ4v) is 3.01. The zero-order valence-corrected chi connectivity index (χ0v) is 13.3. The molecule has 0 aliphatic carbocycles. The standard InChI is InChI=1S/C16H18BrNO2/c1-9-6-12(17)7-10(2)16(9)18-11(3)14-8-13(19)4-5-15(14)20/h4-8,11,18-20H,1-3H3. The molecule has 0 aliphatic heterocycles. The van der Waals surface area contributed by atoms with E-state index in [9.17, 15) is 10.2 Å². The lowest BCUT2D eigenvalue weighted by Gasteiger charge is -2.20. The van der Waals surface area contributed by atoms with E-state index in [1.807, 2.05) is 32.9 Å². The Morgan fingerprint density at radius 2 is 1.65 bits per heavy atom. The molecule has 0 radical (unpaired) electrons. The first-order valence-corrected chi connectivity index (χ1v) is 7.23. The first-order chi connectivity index (χ1) is 9.38. The topological polar surface area (TPSA) is 52.5 Å². The van der Waals surface area contributed by atoms with Crippen molar-refractivity contribution in [2.45, 2.75) is 26.8 Å². The Labute approximate surface area is 127 Å². The minimum atomic E-state index is -0.110. The lowest BCUT2D eigenvalue weighted by atomic mass is 10.0. The van der Waals surface area contributed by atoms with E-state index in [2.05, 4.69) is 21.2 Å². The van der Waals surface area contributed by atoms with E-state index in [-0.39, 0.29) is 17.5 Å². The highest BCUT2D eigenvalue weighted by molar-refractivity contribution is 9.10. The lowest BCUT2D eigenvalue weighted by Crippen LogP contribution is -2.09. The van der Waals surface area contributed by atoms with Gasteiger partial charge in [0, 0.05) is 15.7 Å². The molecule has 0 fully saturated rings. The molecular weight excluding hydrogens is 318 g/mol. The molecule has 3 N–H and O–H groups in total. The van der Waals surface area contributed by atoms with Gasteiger partial charge in [0.15, 0.2) is 0 Å². The van der Waals surface area contributed by atoms with Crippen molar-refractivity contribution in [2.24, 2.45) is 0 Å². The van der Waals surface area contributed by atoms with Gasteiger partial charge in [-0.2, -0.15) is 0 Å². The first-order valence-electron chi connectivity index (χ1n) is 6.43. The maximum Gasteiger partial charge on any atom is 0.121 e. The van der Waals surface area contributed by atoms with Crippen LogP contribution in [0.2, 0.25) is 0 Å². The summed E-state index contributed by atoms with van der Waals surface area (Å²) in [5, 5.41) is 22.9. The number of aryl methyl sites for hydroxylation is 2. The number of phenolic OH excluding ortho intramolecular Hbond substituents is 2. The molecule has 20 heavy (non-hydrogen) atoms. The van der Waals surface area contributed by atoms with Crippen LogP contribution >= 0.6 is 15.9 Å². The van der Waals surface area contributed by atoms with Crippen molar-refractivity contribution >= 4 is 21.6 Å². The van der Waals surface area contributed by atoms with Gasteiger partial charge in [0.25, 0.3) is 0 Å². The van der Waals surface area contributed by atoms with Crippen LogP contribution in [0.4, 0.5) is 5.69 Å². The van der Waals surface area contributed by atoms with E-state index in [1.165, 1.54) is 12.1 Å². The van der Waals surface area contributed by atoms with Crippen LogP contribution in [0.3, 0.4) is 0 Å². The molecule has 0 saturated carbocycles. The van der Waals surface area contributed by atoms with Gasteiger partial charge in [-0.05, 0) is 62.2 Å². The molecule has 2 aromatic rings. The predicted octanol–water partition coefficient (Wildman–Crippen LogP) is 4.65. The largest absolute Gasteiger partial charge is 0.508 e. The number of benzene rings is 2. The SMILES string of the molecule is Cc1cc(Br)cc(C)c1NC(C)c1cc(O)ccc1O. The van der Waals surface area contributed by atoms with E-state index >= 15 is 0 Å². The molecule has 0 spiro atoms. The normalized spacial score (nSPS) is 12.2. The Balaban J connectivity index is 2.32.